The fourth-order valence-corrected chi connectivity index (χ4v) is 3.13. The van der Waals surface area contributed by atoms with E-state index in [1.54, 1.807) is 6.07 Å². The summed E-state index contributed by atoms with van der Waals surface area (Å²) in [5, 5.41) is 11.8. The van der Waals surface area contributed by atoms with Crippen LogP contribution < -0.4 is 5.32 Å². The zero-order valence-electron chi connectivity index (χ0n) is 7.46. The van der Waals surface area contributed by atoms with Crippen molar-refractivity contribution in [2.45, 2.75) is 6.04 Å². The summed E-state index contributed by atoms with van der Waals surface area (Å²) in [4.78, 5) is 11.7. The number of hydrogen-bond donors (Lipinski definition) is 2. The quantitative estimate of drug-likeness (QED) is 0.819. The number of aliphatic carboxylic acids is 1. The maximum absolute atomic E-state index is 11.0. The molecule has 0 aliphatic carbocycles. The van der Waals surface area contributed by atoms with Crippen LogP contribution >= 0.6 is 43.2 Å². The molecule has 0 amide bonds. The highest BCUT2D eigenvalue weighted by Gasteiger charge is 2.21. The van der Waals surface area contributed by atoms with Gasteiger partial charge in [-0.3, -0.25) is 10.1 Å². The Bertz CT molecular complexity index is 391. The van der Waals surface area contributed by atoms with Crippen molar-refractivity contribution in [3.05, 3.63) is 19.2 Å². The molecule has 1 atom stereocenters. The molecule has 0 bridgehead atoms. The minimum Gasteiger partial charge on any atom is -0.480 e. The molecule has 0 spiro atoms. The molecule has 1 rings (SSSR count). The highest BCUT2D eigenvalue weighted by Crippen LogP contribution is 2.35. The van der Waals surface area contributed by atoms with Crippen LogP contribution in [0.4, 0.5) is 0 Å². The summed E-state index contributed by atoms with van der Waals surface area (Å²) in [5.74, 6) is 1.41. The molecule has 0 fully saturated rings. The van der Waals surface area contributed by atoms with Crippen molar-refractivity contribution in [1.29, 1.82) is 0 Å². The van der Waals surface area contributed by atoms with E-state index in [0.29, 0.717) is 4.88 Å². The van der Waals surface area contributed by atoms with Crippen molar-refractivity contribution >= 4 is 49.2 Å². The first-order valence-corrected chi connectivity index (χ1v) is 6.31. The van der Waals surface area contributed by atoms with Gasteiger partial charge in [0, 0.05) is 9.35 Å². The Kier molecular flexibility index (Phi) is 4.80. The van der Waals surface area contributed by atoms with E-state index in [1.165, 1.54) is 11.3 Å². The fraction of sp³-hybridized carbons (Fsp3) is 0.222. The van der Waals surface area contributed by atoms with Gasteiger partial charge in [0.2, 0.25) is 0 Å². The van der Waals surface area contributed by atoms with Gasteiger partial charge < -0.3 is 5.11 Å². The van der Waals surface area contributed by atoms with E-state index in [1.807, 2.05) is 0 Å². The predicted octanol–water partition coefficient (Wildman–Crippen LogP) is 2.62. The van der Waals surface area contributed by atoms with E-state index >= 15 is 0 Å². The van der Waals surface area contributed by atoms with Crippen LogP contribution in [0.15, 0.2) is 14.3 Å². The van der Waals surface area contributed by atoms with Crippen LogP contribution in [-0.4, -0.2) is 17.6 Å². The lowest BCUT2D eigenvalue weighted by Gasteiger charge is -2.09. The molecule has 6 heteroatoms. The summed E-state index contributed by atoms with van der Waals surface area (Å²) in [6.07, 6.45) is 5.07. The van der Waals surface area contributed by atoms with E-state index < -0.39 is 12.0 Å². The molecule has 1 aromatic heterocycles. The SMILES string of the molecule is C#CCNC(C(=O)O)c1cc(Br)c(Br)s1. The van der Waals surface area contributed by atoms with Gasteiger partial charge in [0.05, 0.1) is 10.3 Å². The van der Waals surface area contributed by atoms with Gasteiger partial charge in [0.25, 0.3) is 0 Å². The standard InChI is InChI=1S/C9H7Br2NO2S/c1-2-3-12-7(9(13)14)6-4-5(10)8(11)15-6/h1,4,7,12H,3H2,(H,13,14). The lowest BCUT2D eigenvalue weighted by atomic mass is 10.2. The number of carbonyl (C=O) groups is 1. The molecule has 2 N–H and O–H groups in total. The Morgan fingerprint density at radius 2 is 2.40 bits per heavy atom. The number of hydrogen-bond acceptors (Lipinski definition) is 3. The maximum Gasteiger partial charge on any atom is 0.326 e. The van der Waals surface area contributed by atoms with Gasteiger partial charge >= 0.3 is 5.97 Å². The van der Waals surface area contributed by atoms with E-state index in [2.05, 4.69) is 43.1 Å². The third-order valence-electron chi connectivity index (χ3n) is 1.60. The third-order valence-corrected chi connectivity index (χ3v) is 4.93. The van der Waals surface area contributed by atoms with Crippen LogP contribution in [0, 0.1) is 12.3 Å². The molecule has 0 saturated carbocycles. The fourth-order valence-electron chi connectivity index (χ4n) is 0.976. The molecule has 1 heterocycles. The summed E-state index contributed by atoms with van der Waals surface area (Å²) in [6.45, 7) is 0.226. The molecule has 0 radical (unpaired) electrons. The van der Waals surface area contributed by atoms with Gasteiger partial charge in [-0.05, 0) is 37.9 Å². The Morgan fingerprint density at radius 3 is 2.80 bits per heavy atom. The van der Waals surface area contributed by atoms with Gasteiger partial charge in [-0.2, -0.15) is 0 Å². The normalized spacial score (nSPS) is 12.1. The number of rotatable bonds is 4. The van der Waals surface area contributed by atoms with Crippen LogP contribution in [0.5, 0.6) is 0 Å². The summed E-state index contributed by atoms with van der Waals surface area (Å²) in [5.41, 5.74) is 0. The number of carboxylic acids is 1. The van der Waals surface area contributed by atoms with E-state index in [4.69, 9.17) is 11.5 Å². The molecule has 80 valence electrons. The Morgan fingerprint density at radius 1 is 1.73 bits per heavy atom. The Balaban J connectivity index is 2.90. The molecule has 0 aliphatic heterocycles. The van der Waals surface area contributed by atoms with Crippen molar-refractivity contribution in [3.63, 3.8) is 0 Å². The van der Waals surface area contributed by atoms with Crippen molar-refractivity contribution in [1.82, 2.24) is 5.32 Å². The molecule has 15 heavy (non-hydrogen) atoms. The minimum absolute atomic E-state index is 0.226. The van der Waals surface area contributed by atoms with Crippen LogP contribution in [0.25, 0.3) is 0 Å². The highest BCUT2D eigenvalue weighted by molar-refractivity contribution is 9.13. The number of terminal acetylenes is 1. The van der Waals surface area contributed by atoms with Crippen molar-refractivity contribution < 1.29 is 9.90 Å². The first-order valence-electron chi connectivity index (χ1n) is 3.90. The molecule has 1 unspecified atom stereocenters. The zero-order chi connectivity index (χ0) is 11.4. The second-order valence-corrected chi connectivity index (χ2v) is 5.88. The van der Waals surface area contributed by atoms with E-state index in [-0.39, 0.29) is 6.54 Å². The molecular formula is C9H7Br2NO2S. The first kappa shape index (κ1) is 12.7. The molecule has 0 saturated heterocycles. The predicted molar refractivity (Wildman–Crippen MR) is 66.9 cm³/mol. The number of carboxylic acid groups (broad SMARTS) is 1. The average molecular weight is 353 g/mol. The van der Waals surface area contributed by atoms with E-state index in [0.717, 1.165) is 8.26 Å². The second-order valence-electron chi connectivity index (χ2n) is 2.63. The van der Waals surface area contributed by atoms with Gasteiger partial charge in [-0.1, -0.05) is 5.92 Å². The van der Waals surface area contributed by atoms with E-state index in [9.17, 15) is 4.79 Å². The van der Waals surface area contributed by atoms with Crippen molar-refractivity contribution in [3.8, 4) is 12.3 Å². The monoisotopic (exact) mass is 351 g/mol. The number of halogens is 2. The first-order chi connectivity index (χ1) is 7.06. The topological polar surface area (TPSA) is 49.3 Å². The highest BCUT2D eigenvalue weighted by atomic mass is 79.9. The Hall–Kier alpha value is -0.350. The Labute approximate surface area is 108 Å². The van der Waals surface area contributed by atoms with Crippen LogP contribution in [0.3, 0.4) is 0 Å². The summed E-state index contributed by atoms with van der Waals surface area (Å²) >= 11 is 7.98. The lowest BCUT2D eigenvalue weighted by Crippen LogP contribution is -2.27. The summed E-state index contributed by atoms with van der Waals surface area (Å²) in [6, 6.07) is 1.01. The number of nitrogens with one attached hydrogen (secondary N) is 1. The smallest absolute Gasteiger partial charge is 0.326 e. The average Bonchev–Trinajstić information content (AvgIpc) is 2.47. The summed E-state index contributed by atoms with van der Waals surface area (Å²) in [7, 11) is 0. The molecular weight excluding hydrogens is 346 g/mol. The second kappa shape index (κ2) is 5.66. The van der Waals surface area contributed by atoms with Gasteiger partial charge in [-0.25, -0.2) is 0 Å². The minimum atomic E-state index is -0.938. The number of thiophene rings is 1. The van der Waals surface area contributed by atoms with Crippen LogP contribution in [-0.2, 0) is 4.79 Å². The molecule has 0 aromatic carbocycles. The summed E-state index contributed by atoms with van der Waals surface area (Å²) < 4.78 is 1.71. The van der Waals surface area contributed by atoms with Crippen molar-refractivity contribution in [2.24, 2.45) is 0 Å². The van der Waals surface area contributed by atoms with Gasteiger partial charge in [0.1, 0.15) is 6.04 Å². The van der Waals surface area contributed by atoms with Gasteiger partial charge in [-0.15, -0.1) is 17.8 Å². The van der Waals surface area contributed by atoms with Crippen LogP contribution in [0.1, 0.15) is 10.9 Å². The largest absolute Gasteiger partial charge is 0.480 e. The third kappa shape index (κ3) is 3.31. The van der Waals surface area contributed by atoms with Crippen molar-refractivity contribution in [2.75, 3.05) is 6.54 Å². The lowest BCUT2D eigenvalue weighted by molar-refractivity contribution is -0.139. The van der Waals surface area contributed by atoms with Gasteiger partial charge in [0.15, 0.2) is 0 Å². The zero-order valence-corrected chi connectivity index (χ0v) is 11.4. The molecule has 0 aliphatic rings. The molecule has 1 aromatic rings. The molecule has 3 nitrogen and oxygen atoms in total. The maximum atomic E-state index is 11.0. The van der Waals surface area contributed by atoms with Crippen LogP contribution in [0.2, 0.25) is 0 Å².